The van der Waals surface area contributed by atoms with Crippen molar-refractivity contribution in [1.82, 2.24) is 37.2 Å². The van der Waals surface area contributed by atoms with Crippen molar-refractivity contribution in [3.63, 3.8) is 0 Å². The number of rotatable bonds is 20. The highest BCUT2D eigenvalue weighted by atomic mass is 16.2. The van der Waals surface area contributed by atoms with Crippen molar-refractivity contribution in [2.24, 2.45) is 0 Å². The van der Waals surface area contributed by atoms with Gasteiger partial charge >= 0.3 is 6.03 Å². The van der Waals surface area contributed by atoms with Crippen LogP contribution in [0.2, 0.25) is 0 Å². The van der Waals surface area contributed by atoms with E-state index in [0.717, 1.165) is 11.8 Å². The molecule has 40 heavy (non-hydrogen) atoms. The average molecular weight is 560 g/mol. The van der Waals surface area contributed by atoms with E-state index in [1.165, 1.54) is 0 Å². The Bertz CT molecular complexity index is 958. The van der Waals surface area contributed by atoms with Gasteiger partial charge in [-0.25, -0.2) is 4.79 Å². The quantitative estimate of drug-likeness (QED) is 0.0878. The van der Waals surface area contributed by atoms with E-state index in [9.17, 15) is 24.0 Å². The number of urea groups is 1. The van der Waals surface area contributed by atoms with E-state index in [4.69, 9.17) is 0 Å². The molecule has 7 N–H and O–H groups in total. The minimum atomic E-state index is -0.454. The molecule has 0 saturated carbocycles. The van der Waals surface area contributed by atoms with E-state index >= 15 is 0 Å². The average Bonchev–Trinajstić information content (AvgIpc) is 2.93. The molecule has 12 heteroatoms. The molecule has 1 rings (SSSR count). The van der Waals surface area contributed by atoms with Crippen LogP contribution in [0.4, 0.5) is 4.79 Å². The van der Waals surface area contributed by atoms with Crippen molar-refractivity contribution >= 4 is 30.0 Å². The van der Waals surface area contributed by atoms with Crippen LogP contribution in [0.3, 0.4) is 0 Å². The summed E-state index contributed by atoms with van der Waals surface area (Å²) in [5.41, 5.74) is 1.68. The summed E-state index contributed by atoms with van der Waals surface area (Å²) in [5, 5.41) is 19.5. The molecule has 12 nitrogen and oxygen atoms in total. The van der Waals surface area contributed by atoms with E-state index in [-0.39, 0.29) is 62.0 Å². The largest absolute Gasteiger partial charge is 0.380 e. The van der Waals surface area contributed by atoms with Gasteiger partial charge in [0.05, 0.1) is 19.1 Å². The van der Waals surface area contributed by atoms with Gasteiger partial charge in [-0.3, -0.25) is 14.4 Å². The van der Waals surface area contributed by atoms with Crippen molar-refractivity contribution in [1.29, 1.82) is 0 Å². The van der Waals surface area contributed by atoms with Crippen LogP contribution in [0, 0.1) is 0 Å². The van der Waals surface area contributed by atoms with Crippen molar-refractivity contribution in [3.05, 3.63) is 48.2 Å². The third kappa shape index (κ3) is 16.1. The fourth-order valence-electron chi connectivity index (χ4n) is 3.63. The maximum Gasteiger partial charge on any atom is 0.315 e. The highest BCUT2D eigenvalue weighted by molar-refractivity contribution is 5.87. The number of carbonyl (C=O) groups is 5. The lowest BCUT2D eigenvalue weighted by Gasteiger charge is -2.18. The summed E-state index contributed by atoms with van der Waals surface area (Å²) in [7, 11) is 1.70. The van der Waals surface area contributed by atoms with Crippen LogP contribution in [0.25, 0.3) is 0 Å². The van der Waals surface area contributed by atoms with Crippen LogP contribution < -0.4 is 37.2 Å². The molecule has 0 bridgehead atoms. The SMILES string of the molecule is C=C(CCC(C)NC(=O)NC(C)CCC=O)NCC(=O)NCCNC(=O)CNC(=O)C(Cc1ccccc1)NC. The van der Waals surface area contributed by atoms with Gasteiger partial charge < -0.3 is 42.0 Å². The maximum atomic E-state index is 12.4. The fraction of sp³-hybridized carbons (Fsp3) is 0.536. The number of amides is 5. The summed E-state index contributed by atoms with van der Waals surface area (Å²) in [6, 6.07) is 8.66. The standard InChI is InChI=1S/C28H45N7O5/c1-20(12-13-22(3)35-28(40)34-21(2)9-8-16-36)32-18-25(37)30-14-15-31-26(38)19-33-27(39)24(29-4)17-23-10-6-5-7-11-23/h5-7,10-11,16,21-22,24,29,32H,1,8-9,12-15,17-19H2,2-4H3,(H,30,37)(H,31,38)(H,33,39)(H2,34,35,40). The first kappa shape index (κ1) is 34.1. The van der Waals surface area contributed by atoms with E-state index < -0.39 is 6.04 Å². The molecule has 3 unspecified atom stereocenters. The summed E-state index contributed by atoms with van der Waals surface area (Å²) in [6.45, 7) is 7.96. The number of carbonyl (C=O) groups excluding carboxylic acids is 5. The number of hydrogen-bond acceptors (Lipinski definition) is 7. The number of benzene rings is 1. The van der Waals surface area contributed by atoms with Gasteiger partial charge in [0.15, 0.2) is 0 Å². The van der Waals surface area contributed by atoms with Crippen molar-refractivity contribution < 1.29 is 24.0 Å². The second-order valence-electron chi connectivity index (χ2n) is 9.61. The molecule has 3 atom stereocenters. The second-order valence-corrected chi connectivity index (χ2v) is 9.61. The molecular weight excluding hydrogens is 514 g/mol. The Kier molecular flexibility index (Phi) is 17.1. The van der Waals surface area contributed by atoms with Crippen molar-refractivity contribution in [3.8, 4) is 0 Å². The van der Waals surface area contributed by atoms with Crippen molar-refractivity contribution in [2.45, 2.75) is 64.1 Å². The normalized spacial score (nSPS) is 12.7. The lowest BCUT2D eigenvalue weighted by atomic mass is 10.1. The molecular formula is C28H45N7O5. The lowest BCUT2D eigenvalue weighted by molar-refractivity contribution is -0.127. The third-order valence-corrected chi connectivity index (χ3v) is 5.99. The lowest BCUT2D eigenvalue weighted by Crippen LogP contribution is -2.47. The molecule has 0 heterocycles. The number of nitrogens with one attached hydrogen (secondary N) is 7. The van der Waals surface area contributed by atoms with Crippen molar-refractivity contribution in [2.75, 3.05) is 33.2 Å². The van der Waals surface area contributed by atoms with Crippen LogP contribution >= 0.6 is 0 Å². The minimum Gasteiger partial charge on any atom is -0.380 e. The zero-order valence-electron chi connectivity index (χ0n) is 23.8. The first-order chi connectivity index (χ1) is 19.1. The summed E-state index contributed by atoms with van der Waals surface area (Å²) in [6.07, 6.45) is 3.52. The Morgan fingerprint density at radius 1 is 0.850 bits per heavy atom. The summed E-state index contributed by atoms with van der Waals surface area (Å²) in [5.74, 6) is -0.873. The molecule has 0 aliphatic carbocycles. The number of likely N-dealkylation sites (N-methyl/N-ethyl adjacent to an activating group) is 1. The van der Waals surface area contributed by atoms with Gasteiger partial charge in [-0.05, 0) is 52.1 Å². The smallest absolute Gasteiger partial charge is 0.315 e. The van der Waals surface area contributed by atoms with E-state index in [0.29, 0.717) is 37.8 Å². The van der Waals surface area contributed by atoms with Gasteiger partial charge in [0, 0.05) is 37.3 Å². The van der Waals surface area contributed by atoms with Crippen LogP contribution in [-0.2, 0) is 25.6 Å². The Labute approximate surface area is 236 Å². The van der Waals surface area contributed by atoms with Gasteiger partial charge in [-0.15, -0.1) is 0 Å². The molecule has 1 aromatic carbocycles. The van der Waals surface area contributed by atoms with Gasteiger partial charge in [0.25, 0.3) is 0 Å². The topological polar surface area (TPSA) is 170 Å². The molecule has 0 saturated heterocycles. The van der Waals surface area contributed by atoms with Crippen LogP contribution in [0.5, 0.6) is 0 Å². The first-order valence-corrected chi connectivity index (χ1v) is 13.6. The Morgan fingerprint density at radius 2 is 1.43 bits per heavy atom. The van der Waals surface area contributed by atoms with Gasteiger partial charge in [-0.2, -0.15) is 0 Å². The summed E-state index contributed by atoms with van der Waals surface area (Å²) >= 11 is 0. The molecule has 0 radical (unpaired) electrons. The highest BCUT2D eigenvalue weighted by Crippen LogP contribution is 2.04. The van der Waals surface area contributed by atoms with E-state index in [1.807, 2.05) is 44.2 Å². The molecule has 0 aliphatic rings. The Morgan fingerprint density at radius 3 is 2.00 bits per heavy atom. The number of allylic oxidation sites excluding steroid dienone is 1. The molecule has 5 amide bonds. The molecule has 0 fully saturated rings. The van der Waals surface area contributed by atoms with Gasteiger partial charge in [-0.1, -0.05) is 36.9 Å². The minimum absolute atomic E-state index is 0.0339. The highest BCUT2D eigenvalue weighted by Gasteiger charge is 2.17. The molecule has 0 spiro atoms. The van der Waals surface area contributed by atoms with E-state index in [1.54, 1.807) is 7.05 Å². The Hall–Kier alpha value is -3.93. The summed E-state index contributed by atoms with van der Waals surface area (Å²) < 4.78 is 0. The Balaban J connectivity index is 2.13. The predicted molar refractivity (Wildman–Crippen MR) is 154 cm³/mol. The van der Waals surface area contributed by atoms with Crippen LogP contribution in [0.15, 0.2) is 42.6 Å². The third-order valence-electron chi connectivity index (χ3n) is 5.99. The molecule has 0 aliphatic heterocycles. The maximum absolute atomic E-state index is 12.4. The summed E-state index contributed by atoms with van der Waals surface area (Å²) in [4.78, 5) is 58.9. The monoisotopic (exact) mass is 559 g/mol. The number of hydrogen-bond donors (Lipinski definition) is 7. The van der Waals surface area contributed by atoms with Crippen LogP contribution in [0.1, 0.15) is 45.1 Å². The predicted octanol–water partition coefficient (Wildman–Crippen LogP) is 0.105. The molecule has 1 aromatic rings. The van der Waals surface area contributed by atoms with Gasteiger partial charge in [0.1, 0.15) is 6.29 Å². The zero-order chi connectivity index (χ0) is 29.8. The number of aldehydes is 1. The molecule has 0 aromatic heterocycles. The van der Waals surface area contributed by atoms with Crippen LogP contribution in [-0.4, -0.2) is 81.4 Å². The van der Waals surface area contributed by atoms with E-state index in [2.05, 4.69) is 43.8 Å². The van der Waals surface area contributed by atoms with Gasteiger partial charge in [0.2, 0.25) is 17.7 Å². The first-order valence-electron chi connectivity index (χ1n) is 13.6. The second kappa shape index (κ2) is 20.0. The fourth-order valence-corrected chi connectivity index (χ4v) is 3.63. The zero-order valence-corrected chi connectivity index (χ0v) is 23.8. The molecule has 222 valence electrons.